The average molecular weight is 389 g/mol. The number of hydrogen-bond acceptors (Lipinski definition) is 0. The number of rotatable bonds is 12. The number of hydrogen-bond donors (Lipinski definition) is 0. The maximum absolute atomic E-state index is 6.29. The lowest BCUT2D eigenvalue weighted by Gasteiger charge is -2.11. The molecule has 0 saturated heterocycles. The topological polar surface area (TPSA) is 0 Å². The number of alkyl halides is 1. The molecule has 0 aromatic heterocycles. The molecule has 0 aliphatic rings. The minimum absolute atomic E-state index is 1.28. The smallest absolute Gasteiger partial charge is 0.150 e. The van der Waals surface area contributed by atoms with Gasteiger partial charge in [0.1, 0.15) is 7.38 Å². The van der Waals surface area contributed by atoms with E-state index in [1.54, 1.807) is 0 Å². The third-order valence-corrected chi connectivity index (χ3v) is 6.03. The highest BCUT2D eigenvalue weighted by Crippen LogP contribution is 2.19. The van der Waals surface area contributed by atoms with E-state index < -0.39 is 7.38 Å². The Bertz CT molecular complexity index is 157. The van der Waals surface area contributed by atoms with Crippen LogP contribution in [0, 0.1) is 0 Å². The fourth-order valence-corrected chi connectivity index (χ4v) is 4.09. The first kappa shape index (κ1) is 18.2. The molecule has 0 spiro atoms. The summed E-state index contributed by atoms with van der Waals surface area (Å²) in [5.74, 6) is 0. The Balaban J connectivity index is 2.99. The SMILES string of the molecule is C[Si](C)(Cl)CCCCCCCCCCCCI. The molecule has 0 radical (unpaired) electrons. The van der Waals surface area contributed by atoms with Crippen molar-refractivity contribution in [1.29, 1.82) is 0 Å². The highest BCUT2D eigenvalue weighted by Gasteiger charge is 2.15. The molecule has 0 atom stereocenters. The summed E-state index contributed by atoms with van der Waals surface area (Å²) in [6.07, 6.45) is 14.3. The van der Waals surface area contributed by atoms with Crippen LogP contribution in [0.3, 0.4) is 0 Å². The van der Waals surface area contributed by atoms with Crippen molar-refractivity contribution < 1.29 is 0 Å². The lowest BCUT2D eigenvalue weighted by Crippen LogP contribution is -2.14. The van der Waals surface area contributed by atoms with Gasteiger partial charge in [-0.25, -0.2) is 0 Å². The summed E-state index contributed by atoms with van der Waals surface area (Å²) in [5.41, 5.74) is 0. The second kappa shape index (κ2) is 12.3. The van der Waals surface area contributed by atoms with Crippen LogP contribution in [0.25, 0.3) is 0 Å². The number of halogens is 2. The Morgan fingerprint density at radius 2 is 1.06 bits per heavy atom. The highest BCUT2D eigenvalue weighted by molar-refractivity contribution is 14.1. The van der Waals surface area contributed by atoms with Crippen molar-refractivity contribution in [3.63, 3.8) is 0 Å². The van der Waals surface area contributed by atoms with E-state index in [4.69, 9.17) is 11.1 Å². The van der Waals surface area contributed by atoms with Crippen molar-refractivity contribution in [3.8, 4) is 0 Å². The van der Waals surface area contributed by atoms with Crippen molar-refractivity contribution in [2.24, 2.45) is 0 Å². The molecule has 0 bridgehead atoms. The minimum atomic E-state index is -1.28. The third kappa shape index (κ3) is 17.2. The van der Waals surface area contributed by atoms with Gasteiger partial charge in [0.15, 0.2) is 0 Å². The Morgan fingerprint density at radius 1 is 0.706 bits per heavy atom. The molecule has 0 aromatic carbocycles. The van der Waals surface area contributed by atoms with Gasteiger partial charge in [-0.3, -0.25) is 0 Å². The van der Waals surface area contributed by atoms with Crippen LogP contribution in [0.4, 0.5) is 0 Å². The van der Waals surface area contributed by atoms with Gasteiger partial charge in [-0.05, 0) is 16.9 Å². The predicted molar refractivity (Wildman–Crippen MR) is 93.2 cm³/mol. The van der Waals surface area contributed by atoms with Crippen LogP contribution >= 0.6 is 33.7 Å². The van der Waals surface area contributed by atoms with Crippen LogP contribution in [-0.4, -0.2) is 11.8 Å². The summed E-state index contributed by atoms with van der Waals surface area (Å²) in [7, 11) is -1.28. The Morgan fingerprint density at radius 3 is 1.41 bits per heavy atom. The lowest BCUT2D eigenvalue weighted by atomic mass is 10.1. The van der Waals surface area contributed by atoms with Crippen LogP contribution in [0.15, 0.2) is 0 Å². The van der Waals surface area contributed by atoms with Gasteiger partial charge in [-0.15, -0.1) is 0 Å². The molecule has 0 aromatic rings. The van der Waals surface area contributed by atoms with E-state index in [0.717, 1.165) is 0 Å². The largest absolute Gasteiger partial charge is 0.168 e. The van der Waals surface area contributed by atoms with Crippen molar-refractivity contribution in [1.82, 2.24) is 0 Å². The van der Waals surface area contributed by atoms with E-state index in [1.165, 1.54) is 74.7 Å². The molecule has 3 heteroatoms. The molecule has 0 nitrogen and oxygen atoms in total. The molecule has 0 aliphatic carbocycles. The van der Waals surface area contributed by atoms with Crippen LogP contribution < -0.4 is 0 Å². The normalized spacial score (nSPS) is 12.0. The average Bonchev–Trinajstić information content (AvgIpc) is 2.24. The second-order valence-corrected chi connectivity index (χ2v) is 13.8. The van der Waals surface area contributed by atoms with Crippen LogP contribution in [0.2, 0.25) is 19.1 Å². The van der Waals surface area contributed by atoms with E-state index in [-0.39, 0.29) is 0 Å². The standard InChI is InChI=1S/C14H30ClISi/c1-17(2,15)14-12-10-8-6-4-3-5-7-9-11-13-16/h3-14H2,1-2H3. The van der Waals surface area contributed by atoms with E-state index >= 15 is 0 Å². The van der Waals surface area contributed by atoms with E-state index in [0.29, 0.717) is 0 Å². The monoisotopic (exact) mass is 388 g/mol. The first-order valence-electron chi connectivity index (χ1n) is 7.31. The zero-order chi connectivity index (χ0) is 13.0. The molecule has 0 unspecified atom stereocenters. The summed E-state index contributed by atoms with van der Waals surface area (Å²) in [4.78, 5) is 0. The quantitative estimate of drug-likeness (QED) is 0.114. The third-order valence-electron chi connectivity index (χ3n) is 3.15. The molecular weight excluding hydrogens is 359 g/mol. The van der Waals surface area contributed by atoms with Gasteiger partial charge < -0.3 is 0 Å². The zero-order valence-electron chi connectivity index (χ0n) is 11.7. The van der Waals surface area contributed by atoms with E-state index in [1.807, 2.05) is 0 Å². The van der Waals surface area contributed by atoms with Crippen LogP contribution in [0.1, 0.15) is 64.2 Å². The second-order valence-electron chi connectivity index (χ2n) is 5.69. The molecule has 104 valence electrons. The van der Waals surface area contributed by atoms with Gasteiger partial charge in [0, 0.05) is 0 Å². The fourth-order valence-electron chi connectivity index (χ4n) is 2.05. The fraction of sp³-hybridized carbons (Fsp3) is 1.00. The van der Waals surface area contributed by atoms with Gasteiger partial charge in [0.05, 0.1) is 0 Å². The summed E-state index contributed by atoms with van der Waals surface area (Å²) >= 11 is 8.77. The minimum Gasteiger partial charge on any atom is -0.168 e. The van der Waals surface area contributed by atoms with Crippen molar-refractivity contribution in [3.05, 3.63) is 0 Å². The first-order chi connectivity index (χ1) is 8.06. The van der Waals surface area contributed by atoms with Crippen LogP contribution in [-0.2, 0) is 0 Å². The molecule has 0 saturated carbocycles. The van der Waals surface area contributed by atoms with E-state index in [2.05, 4.69) is 35.7 Å². The van der Waals surface area contributed by atoms with Crippen molar-refractivity contribution in [2.45, 2.75) is 83.3 Å². The molecule has 0 fully saturated rings. The van der Waals surface area contributed by atoms with Crippen LogP contribution in [0.5, 0.6) is 0 Å². The Hall–Kier alpha value is 1.24. The molecule has 0 rings (SSSR count). The molecule has 0 amide bonds. The van der Waals surface area contributed by atoms with Crippen molar-refractivity contribution >= 4 is 41.1 Å². The van der Waals surface area contributed by atoms with Crippen molar-refractivity contribution in [2.75, 3.05) is 4.43 Å². The summed E-state index contributed by atoms with van der Waals surface area (Å²) in [5, 5.41) is 0. The maximum Gasteiger partial charge on any atom is 0.150 e. The molecule has 0 heterocycles. The molecular formula is C14H30ClISi. The molecule has 0 N–H and O–H groups in total. The summed E-state index contributed by atoms with van der Waals surface area (Å²) < 4.78 is 1.33. The Labute approximate surface area is 128 Å². The summed E-state index contributed by atoms with van der Waals surface area (Å²) in [6, 6.07) is 1.30. The lowest BCUT2D eigenvalue weighted by molar-refractivity contribution is 0.563. The predicted octanol–water partition coefficient (Wildman–Crippen LogP) is 6.77. The van der Waals surface area contributed by atoms with E-state index in [9.17, 15) is 0 Å². The van der Waals surface area contributed by atoms with Gasteiger partial charge in [0.2, 0.25) is 0 Å². The van der Waals surface area contributed by atoms with Gasteiger partial charge in [-0.2, -0.15) is 11.1 Å². The van der Waals surface area contributed by atoms with Gasteiger partial charge in [0.25, 0.3) is 0 Å². The first-order valence-corrected chi connectivity index (χ1v) is 13.1. The molecule has 17 heavy (non-hydrogen) atoms. The van der Waals surface area contributed by atoms with Gasteiger partial charge >= 0.3 is 0 Å². The molecule has 0 aliphatic heterocycles. The Kier molecular flexibility index (Phi) is 13.2. The zero-order valence-corrected chi connectivity index (χ0v) is 15.7. The maximum atomic E-state index is 6.29. The summed E-state index contributed by atoms with van der Waals surface area (Å²) in [6.45, 7) is 4.51. The highest BCUT2D eigenvalue weighted by atomic mass is 127. The number of unbranched alkanes of at least 4 members (excludes halogenated alkanes) is 9. The van der Waals surface area contributed by atoms with Gasteiger partial charge in [-0.1, -0.05) is 93.5 Å².